The predicted molar refractivity (Wildman–Crippen MR) is 45.6 cm³/mol. The van der Waals surface area contributed by atoms with E-state index < -0.39 is 5.79 Å². The lowest BCUT2D eigenvalue weighted by Crippen LogP contribution is -2.24. The van der Waals surface area contributed by atoms with Gasteiger partial charge in [-0.25, -0.2) is 0 Å². The molecule has 2 aliphatic rings. The summed E-state index contributed by atoms with van der Waals surface area (Å²) in [6.45, 7) is 1.87. The largest absolute Gasteiger partial charge is 0.359 e. The molecule has 0 aromatic heterocycles. The zero-order valence-electron chi connectivity index (χ0n) is 6.65. The van der Waals surface area contributed by atoms with Gasteiger partial charge in [-0.15, -0.1) is 0 Å². The Morgan fingerprint density at radius 1 is 1.42 bits per heavy atom. The average Bonchev–Trinajstić information content (AvgIpc) is 2.26. The molecule has 12 heavy (non-hydrogen) atoms. The molecular formula is C9H9NO2. The van der Waals surface area contributed by atoms with E-state index in [9.17, 15) is 10.2 Å². The van der Waals surface area contributed by atoms with Crippen molar-refractivity contribution in [2.24, 2.45) is 4.99 Å². The number of hydrogen-bond acceptors (Lipinski definition) is 3. The highest BCUT2D eigenvalue weighted by atomic mass is 16.5. The van der Waals surface area contributed by atoms with Crippen molar-refractivity contribution in [3.8, 4) is 0 Å². The van der Waals surface area contributed by atoms with Crippen molar-refractivity contribution in [1.82, 2.24) is 0 Å². The molecule has 3 nitrogen and oxygen atoms in total. The number of aliphatic imine (C=N–C) groups is 1. The van der Waals surface area contributed by atoms with Crippen molar-refractivity contribution in [3.05, 3.63) is 35.6 Å². The van der Waals surface area contributed by atoms with E-state index in [2.05, 4.69) is 4.99 Å². The molecule has 2 N–H and O–H groups in total. The summed E-state index contributed by atoms with van der Waals surface area (Å²) >= 11 is 0. The third-order valence-electron chi connectivity index (χ3n) is 1.81. The van der Waals surface area contributed by atoms with Crippen LogP contribution >= 0.6 is 0 Å². The van der Waals surface area contributed by atoms with Crippen LogP contribution in [0, 0.1) is 0 Å². The van der Waals surface area contributed by atoms with Crippen LogP contribution in [0.1, 0.15) is 6.92 Å². The van der Waals surface area contributed by atoms with Gasteiger partial charge in [0.15, 0.2) is 0 Å². The Hall–Kier alpha value is -1.19. The molecule has 62 valence electrons. The van der Waals surface area contributed by atoms with Crippen LogP contribution in [0.3, 0.4) is 0 Å². The average molecular weight is 163 g/mol. The monoisotopic (exact) mass is 163 g/mol. The Balaban J connectivity index is 2.46. The lowest BCUT2D eigenvalue weighted by molar-refractivity contribution is -0.0752. The van der Waals surface area contributed by atoms with Crippen LogP contribution in [0.2, 0.25) is 0 Å². The van der Waals surface area contributed by atoms with Gasteiger partial charge >= 0.3 is 0 Å². The van der Waals surface area contributed by atoms with E-state index in [0.29, 0.717) is 5.70 Å². The fourth-order valence-electron chi connectivity index (χ4n) is 1.30. The van der Waals surface area contributed by atoms with Gasteiger partial charge in [-0.3, -0.25) is 4.99 Å². The fraction of sp³-hybridized carbons (Fsp3) is 0.222. The Kier molecular flexibility index (Phi) is 1.34. The van der Waals surface area contributed by atoms with E-state index in [-0.39, 0.29) is 0 Å². The molecule has 0 aromatic carbocycles. The van der Waals surface area contributed by atoms with Gasteiger partial charge in [0.2, 0.25) is 5.79 Å². The Bertz CT molecular complexity index is 346. The minimum atomic E-state index is -1.83. The van der Waals surface area contributed by atoms with Gasteiger partial charge in [-0.05, 0) is 19.1 Å². The molecule has 0 unspecified atom stereocenters. The first-order valence-corrected chi connectivity index (χ1v) is 3.71. The Morgan fingerprint density at radius 3 is 2.92 bits per heavy atom. The maximum atomic E-state index is 9.20. The zero-order valence-corrected chi connectivity index (χ0v) is 6.65. The number of nitrogens with zero attached hydrogens (tertiary/aromatic N) is 1. The quantitative estimate of drug-likeness (QED) is 0.511. The molecule has 3 heteroatoms. The highest BCUT2D eigenvalue weighted by molar-refractivity contribution is 5.98. The first kappa shape index (κ1) is 7.46. The molecule has 1 aliphatic heterocycles. The van der Waals surface area contributed by atoms with E-state index >= 15 is 0 Å². The third-order valence-corrected chi connectivity index (χ3v) is 1.81. The number of allylic oxidation sites excluding steroid dienone is 2. The molecule has 0 spiro atoms. The molecule has 0 aromatic rings. The molecule has 2 rings (SSSR count). The molecule has 1 heterocycles. The zero-order chi connectivity index (χ0) is 8.77. The fourth-order valence-corrected chi connectivity index (χ4v) is 1.30. The van der Waals surface area contributed by atoms with Gasteiger partial charge in [0.1, 0.15) is 0 Å². The van der Waals surface area contributed by atoms with Gasteiger partial charge < -0.3 is 10.2 Å². The van der Waals surface area contributed by atoms with Crippen molar-refractivity contribution >= 4 is 5.71 Å². The second-order valence-corrected chi connectivity index (χ2v) is 3.00. The molecule has 0 atom stereocenters. The van der Waals surface area contributed by atoms with Crippen LogP contribution in [0.5, 0.6) is 0 Å². The van der Waals surface area contributed by atoms with Crippen molar-refractivity contribution in [2.45, 2.75) is 12.7 Å². The third kappa shape index (κ3) is 1.13. The second kappa shape index (κ2) is 2.15. The second-order valence-electron chi connectivity index (χ2n) is 3.00. The molecule has 1 aliphatic carbocycles. The molecule has 0 radical (unpaired) electrons. The summed E-state index contributed by atoms with van der Waals surface area (Å²) in [5.74, 6) is -1.83. The van der Waals surface area contributed by atoms with Crippen LogP contribution in [0.25, 0.3) is 0 Å². The molecule has 0 bridgehead atoms. The van der Waals surface area contributed by atoms with E-state index in [4.69, 9.17) is 0 Å². The standard InChI is InChI=1S/C9H9NO2/c1-6-4-7-2-3-9(11,12)5-8(7)10-6/h2-5,11-12H,1H3. The highest BCUT2D eigenvalue weighted by Crippen LogP contribution is 2.27. The maximum Gasteiger partial charge on any atom is 0.205 e. The Morgan fingerprint density at radius 2 is 2.17 bits per heavy atom. The SMILES string of the molecule is CC1=NC2=CC(O)(O)C=CC2=C1. The van der Waals surface area contributed by atoms with Crippen molar-refractivity contribution in [2.75, 3.05) is 0 Å². The maximum absolute atomic E-state index is 9.20. The summed E-state index contributed by atoms with van der Waals surface area (Å²) in [6.07, 6.45) is 6.22. The van der Waals surface area contributed by atoms with Gasteiger partial charge in [0.25, 0.3) is 0 Å². The van der Waals surface area contributed by atoms with Crippen LogP contribution < -0.4 is 0 Å². The van der Waals surface area contributed by atoms with Gasteiger partial charge in [-0.1, -0.05) is 6.08 Å². The molecule has 0 saturated carbocycles. The highest BCUT2D eigenvalue weighted by Gasteiger charge is 2.24. The lowest BCUT2D eigenvalue weighted by Gasteiger charge is -2.17. The molecular weight excluding hydrogens is 154 g/mol. The summed E-state index contributed by atoms with van der Waals surface area (Å²) < 4.78 is 0. The van der Waals surface area contributed by atoms with Crippen LogP contribution in [0.15, 0.2) is 40.6 Å². The summed E-state index contributed by atoms with van der Waals surface area (Å²) in [7, 11) is 0. The van der Waals surface area contributed by atoms with Gasteiger partial charge in [0.05, 0.1) is 5.70 Å². The van der Waals surface area contributed by atoms with Gasteiger partial charge in [-0.2, -0.15) is 0 Å². The van der Waals surface area contributed by atoms with E-state index in [1.54, 1.807) is 6.08 Å². The van der Waals surface area contributed by atoms with Crippen LogP contribution in [-0.4, -0.2) is 21.7 Å². The number of hydrogen-bond donors (Lipinski definition) is 2. The number of rotatable bonds is 0. The van der Waals surface area contributed by atoms with E-state index in [1.165, 1.54) is 12.2 Å². The van der Waals surface area contributed by atoms with Crippen LogP contribution in [-0.2, 0) is 0 Å². The molecule has 0 amide bonds. The summed E-state index contributed by atoms with van der Waals surface area (Å²) in [6, 6.07) is 0. The normalized spacial score (nSPS) is 24.4. The first-order chi connectivity index (χ1) is 5.57. The molecule has 0 saturated heterocycles. The van der Waals surface area contributed by atoms with E-state index in [0.717, 1.165) is 11.3 Å². The Labute approximate surface area is 70.1 Å². The van der Waals surface area contributed by atoms with Crippen molar-refractivity contribution in [1.29, 1.82) is 0 Å². The number of aliphatic hydroxyl groups is 2. The smallest absolute Gasteiger partial charge is 0.205 e. The minimum absolute atomic E-state index is 0.639. The summed E-state index contributed by atoms with van der Waals surface area (Å²) in [5, 5.41) is 18.4. The summed E-state index contributed by atoms with van der Waals surface area (Å²) in [4.78, 5) is 4.12. The van der Waals surface area contributed by atoms with Gasteiger partial charge in [0, 0.05) is 17.4 Å². The lowest BCUT2D eigenvalue weighted by atomic mass is 10.0. The topological polar surface area (TPSA) is 52.8 Å². The summed E-state index contributed by atoms with van der Waals surface area (Å²) in [5.41, 5.74) is 2.46. The number of fused-ring (bicyclic) bond motifs is 1. The first-order valence-electron chi connectivity index (χ1n) is 3.71. The predicted octanol–water partition coefficient (Wildman–Crippen LogP) is 0.522. The molecule has 0 fully saturated rings. The minimum Gasteiger partial charge on any atom is -0.359 e. The van der Waals surface area contributed by atoms with Crippen LogP contribution in [0.4, 0.5) is 0 Å². The van der Waals surface area contributed by atoms with E-state index in [1.807, 2.05) is 13.0 Å². The van der Waals surface area contributed by atoms with Crippen molar-refractivity contribution < 1.29 is 10.2 Å². The van der Waals surface area contributed by atoms with Crippen molar-refractivity contribution in [3.63, 3.8) is 0 Å².